The summed E-state index contributed by atoms with van der Waals surface area (Å²) >= 11 is 0. The lowest BCUT2D eigenvalue weighted by molar-refractivity contribution is -0.546. The summed E-state index contributed by atoms with van der Waals surface area (Å²) in [5.74, 6) is 51.6. The van der Waals surface area contributed by atoms with Gasteiger partial charge in [-0.1, -0.05) is 32.6 Å². The second-order valence-corrected chi connectivity index (χ2v) is 11.9. The van der Waals surface area contributed by atoms with Gasteiger partial charge in [0.25, 0.3) is 0 Å². The minimum absolute atomic E-state index is 0. The molecule has 3 heterocycles. The number of imidazole rings is 1. The molecule has 2 aromatic rings. The number of hydrogen-bond donors (Lipinski definition) is 3. The lowest BCUT2D eigenvalue weighted by Gasteiger charge is -2.30. The quantitative estimate of drug-likeness (QED) is 0.103. The first-order valence-corrected chi connectivity index (χ1v) is 16.4. The predicted molar refractivity (Wildman–Crippen MR) is 230 cm³/mol. The molecule has 0 spiro atoms. The number of amides is 1. The Labute approximate surface area is 332 Å². The van der Waals surface area contributed by atoms with Crippen LogP contribution in [0.2, 0.25) is 0 Å². The van der Waals surface area contributed by atoms with E-state index in [-0.39, 0.29) is 27.0 Å². The Hall–Kier alpha value is -7.51. The average Bonchev–Trinajstić information content (AvgIpc) is 3.46. The zero-order valence-corrected chi connectivity index (χ0v) is 30.7. The van der Waals surface area contributed by atoms with Crippen molar-refractivity contribution in [1.82, 2.24) is 20.1 Å². The fraction of sp³-hybridized carbons (Fsp3) is 0.375. The van der Waals surface area contributed by atoms with Crippen LogP contribution in [0.15, 0.2) is 22.6 Å². The maximum atomic E-state index is 12.5. The lowest BCUT2D eigenvalue weighted by Crippen LogP contribution is -2.36. The van der Waals surface area contributed by atoms with E-state index in [2.05, 4.69) is 158 Å². The minimum Gasteiger partial charge on any atom is -0.378 e. The van der Waals surface area contributed by atoms with Gasteiger partial charge in [0.2, 0.25) is 11.9 Å². The van der Waals surface area contributed by atoms with Crippen LogP contribution in [0.1, 0.15) is 82.0 Å². The fourth-order valence-electron chi connectivity index (χ4n) is 4.29. The summed E-state index contributed by atoms with van der Waals surface area (Å²) in [5.41, 5.74) is 3.00. The van der Waals surface area contributed by atoms with Crippen molar-refractivity contribution in [3.05, 3.63) is 22.2 Å². The molecule has 294 valence electrons. The number of ether oxygens (including phenoxy) is 1. The first-order valence-electron chi connectivity index (χ1n) is 16.4. The van der Waals surface area contributed by atoms with Crippen LogP contribution in [-0.4, -0.2) is 51.8 Å². The van der Waals surface area contributed by atoms with Crippen LogP contribution in [0.3, 0.4) is 0 Å². The highest BCUT2D eigenvalue weighted by molar-refractivity contribution is 5.91. The van der Waals surface area contributed by atoms with Crippen molar-refractivity contribution >= 4 is 28.8 Å². The molecule has 4 N–H and O–H groups in total. The van der Waals surface area contributed by atoms with E-state index in [9.17, 15) is 14.9 Å². The average molecular weight is 745 g/mol. The molecule has 1 amide bonds. The predicted octanol–water partition coefficient (Wildman–Crippen LogP) is 6.14. The number of carbonyl (C=O) groups is 1. The van der Waals surface area contributed by atoms with Crippen LogP contribution in [0, 0.1) is 122 Å². The van der Waals surface area contributed by atoms with Crippen molar-refractivity contribution in [3.63, 3.8) is 0 Å². The van der Waals surface area contributed by atoms with Crippen molar-refractivity contribution in [2.75, 3.05) is 36.5 Å². The lowest BCUT2D eigenvalue weighted by atomic mass is 9.92. The zero-order valence-electron chi connectivity index (χ0n) is 30.7. The van der Waals surface area contributed by atoms with Crippen molar-refractivity contribution in [3.8, 4) is 107 Å². The fourth-order valence-corrected chi connectivity index (χ4v) is 4.29. The third kappa shape index (κ3) is 17.4. The van der Waals surface area contributed by atoms with E-state index in [1.54, 1.807) is 13.8 Å². The summed E-state index contributed by atoms with van der Waals surface area (Å²) in [6.45, 7) is 12.8. The molecule has 0 aromatic carbocycles. The summed E-state index contributed by atoms with van der Waals surface area (Å²) in [6.07, 6.45) is 3.89. The topological polar surface area (TPSA) is 178 Å². The first kappa shape index (κ1) is 42.7. The number of hydrogen-bond acceptors (Lipinski definition) is 9. The molecule has 14 nitrogen and oxygen atoms in total. The Bertz CT molecular complexity index is 2220. The highest BCUT2D eigenvalue weighted by Crippen LogP contribution is 2.37. The molecule has 0 atom stereocenters. The van der Waals surface area contributed by atoms with Gasteiger partial charge in [0, 0.05) is 46.8 Å². The Morgan fingerprint density at radius 3 is 1.80 bits per heavy atom. The SMILES string of the molecule is CC#CC#CC#CC#CC#CC#CC#CC#CC#CC.CC(C)(C)CC(=O)Nc1nc2ccc(N3CCOCC3)nc2n1C1CCC1.NN=NN[N+](=O)[O-].[HH].[HH].[HH].[HH].[HH].[HH].[HH].[HH].[HH].[HH].[HH]. The van der Waals surface area contributed by atoms with Gasteiger partial charge in [-0.2, -0.15) is 0 Å². The van der Waals surface area contributed by atoms with Crippen LogP contribution in [0.25, 0.3) is 11.2 Å². The second kappa shape index (κ2) is 24.6. The van der Waals surface area contributed by atoms with Gasteiger partial charge in [-0.05, 0) is 145 Å². The molecular weight excluding hydrogens is 685 g/mol. The number of fused-ring (bicyclic) bond motifs is 1. The number of nitrogens with one attached hydrogen (secondary N) is 2. The number of rotatable bonds is 6. The molecule has 4 rings (SSSR count). The van der Waals surface area contributed by atoms with E-state index in [0.29, 0.717) is 18.4 Å². The highest BCUT2D eigenvalue weighted by atomic mass is 16.7. The molecule has 0 bridgehead atoms. The Morgan fingerprint density at radius 1 is 0.907 bits per heavy atom. The normalized spacial score (nSPS) is 11.9. The molecule has 14 heteroatoms. The van der Waals surface area contributed by atoms with Crippen molar-refractivity contribution in [2.24, 2.45) is 21.7 Å². The maximum absolute atomic E-state index is 12.5. The van der Waals surface area contributed by atoms with Gasteiger partial charge in [0.05, 0.1) is 23.5 Å². The molecule has 2 aliphatic rings. The molecule has 1 saturated heterocycles. The van der Waals surface area contributed by atoms with Gasteiger partial charge in [0.15, 0.2) is 10.9 Å². The molecule has 1 saturated carbocycles. The Balaban J connectivity index is -0.0000000904. The van der Waals surface area contributed by atoms with Crippen LogP contribution >= 0.6 is 0 Å². The summed E-state index contributed by atoms with van der Waals surface area (Å²) in [7, 11) is 0. The number of nitrogens with zero attached hydrogens (tertiary/aromatic N) is 7. The van der Waals surface area contributed by atoms with E-state index < -0.39 is 5.03 Å². The molecule has 1 aliphatic heterocycles. The second-order valence-electron chi connectivity index (χ2n) is 11.9. The summed E-state index contributed by atoms with van der Waals surface area (Å²) in [5, 5.41) is 16.6. The first-order chi connectivity index (χ1) is 26.1. The van der Waals surface area contributed by atoms with Crippen LogP contribution < -0.4 is 21.6 Å². The number of morpholine rings is 1. The number of nitro groups is 1. The van der Waals surface area contributed by atoms with E-state index >= 15 is 0 Å². The van der Waals surface area contributed by atoms with E-state index in [0.717, 1.165) is 56.1 Å². The number of pyridine rings is 1. The number of nitrogens with two attached hydrogens (primary N) is 1. The van der Waals surface area contributed by atoms with Crippen LogP contribution in [0.4, 0.5) is 11.8 Å². The van der Waals surface area contributed by atoms with Crippen molar-refractivity contribution in [2.45, 2.75) is 66.3 Å². The highest BCUT2D eigenvalue weighted by Gasteiger charge is 2.27. The number of anilines is 2. The number of hydrazine groups is 1. The minimum atomic E-state index is -0.879. The molecule has 2 aromatic heterocycles. The Morgan fingerprint density at radius 2 is 1.41 bits per heavy atom. The monoisotopic (exact) mass is 744 g/mol. The van der Waals surface area contributed by atoms with E-state index in [4.69, 9.17) is 14.7 Å². The molecular formula is C40H60N10O4. The third-order valence-corrected chi connectivity index (χ3v) is 6.61. The van der Waals surface area contributed by atoms with Crippen LogP contribution in [-0.2, 0) is 9.53 Å². The number of carbonyl (C=O) groups excluding carboxylic acids is 1. The van der Waals surface area contributed by atoms with Gasteiger partial charge in [0.1, 0.15) is 11.3 Å². The van der Waals surface area contributed by atoms with Gasteiger partial charge in [-0.15, -0.1) is 0 Å². The maximum Gasteiger partial charge on any atom is 0.227 e. The third-order valence-electron chi connectivity index (χ3n) is 6.61. The van der Waals surface area contributed by atoms with Gasteiger partial charge >= 0.3 is 0 Å². The van der Waals surface area contributed by atoms with Gasteiger partial charge < -0.3 is 19.8 Å². The van der Waals surface area contributed by atoms with Crippen LogP contribution in [0.5, 0.6) is 0 Å². The summed E-state index contributed by atoms with van der Waals surface area (Å²) in [6, 6.07) is 4.40. The zero-order chi connectivity index (χ0) is 39.4. The van der Waals surface area contributed by atoms with Crippen molar-refractivity contribution < 1.29 is 30.3 Å². The van der Waals surface area contributed by atoms with E-state index in [1.807, 2.05) is 12.1 Å². The molecule has 2 fully saturated rings. The van der Waals surface area contributed by atoms with E-state index in [1.165, 1.54) is 12.0 Å². The molecule has 0 unspecified atom stereocenters. The van der Waals surface area contributed by atoms with Crippen molar-refractivity contribution in [1.29, 1.82) is 0 Å². The Kier molecular flexibility index (Phi) is 19.4. The number of aromatic nitrogens is 3. The smallest absolute Gasteiger partial charge is 0.227 e. The molecule has 1 aliphatic carbocycles. The molecule has 54 heavy (non-hydrogen) atoms. The summed E-state index contributed by atoms with van der Waals surface area (Å²) in [4.78, 5) is 33.6. The molecule has 0 radical (unpaired) electrons. The largest absolute Gasteiger partial charge is 0.378 e. The van der Waals surface area contributed by atoms with Gasteiger partial charge in [-0.25, -0.2) is 9.97 Å². The van der Waals surface area contributed by atoms with Gasteiger partial charge in [-0.3, -0.25) is 20.5 Å². The summed E-state index contributed by atoms with van der Waals surface area (Å²) < 4.78 is 7.59. The standard InChI is InChI=1S/C20H29N5O2.C20H6.H3N5O2.11H2/c1-20(2,3)13-17(26)23-19-21-15-7-8-16(24-9-11-27-12-10-24)22-18(15)25(19)14-5-4-6-14;1-3-5-7-9-11-13-15-17-19-20-18-16-14-12-10-8-6-4-2;1-2-3-4-5(6)7;;;;;;;;;;;/h7-8,14H,4-6,9-13H2,1-3H3,(H,21,23,26);1-2H3;(H2,1,3)(H,2,4);11*1H.